The van der Waals surface area contributed by atoms with Crippen LogP contribution in [0.4, 0.5) is 5.69 Å². The van der Waals surface area contributed by atoms with Crippen molar-refractivity contribution in [3.05, 3.63) is 84.1 Å². The normalized spacial score (nSPS) is 10.7. The summed E-state index contributed by atoms with van der Waals surface area (Å²) >= 11 is 0. The fourth-order valence-corrected chi connectivity index (χ4v) is 2.71. The highest BCUT2D eigenvalue weighted by Crippen LogP contribution is 2.23. The largest absolute Gasteiger partial charge is 0.489 e. The molecule has 27 heavy (non-hydrogen) atoms. The predicted octanol–water partition coefficient (Wildman–Crippen LogP) is 4.10. The van der Waals surface area contributed by atoms with Crippen molar-refractivity contribution >= 4 is 22.5 Å². The van der Waals surface area contributed by atoms with Crippen molar-refractivity contribution in [3.63, 3.8) is 0 Å². The fraction of sp³-hybridized carbons (Fsp3) is 0.0952. The van der Waals surface area contributed by atoms with Crippen molar-refractivity contribution in [2.24, 2.45) is 0 Å². The molecule has 0 unspecified atom stereocenters. The monoisotopic (exact) mass is 358 g/mol. The van der Waals surface area contributed by atoms with Gasteiger partial charge in [-0.1, -0.05) is 30.3 Å². The van der Waals surface area contributed by atoms with E-state index in [1.807, 2.05) is 48.5 Å². The molecule has 4 aromatic rings. The maximum Gasteiger partial charge on any atom is 0.272 e. The number of hydrogen-bond donors (Lipinski definition) is 2. The molecule has 0 atom stereocenters. The number of fused-ring (bicyclic) bond motifs is 1. The summed E-state index contributed by atoms with van der Waals surface area (Å²) in [6.07, 6.45) is 3.16. The zero-order chi connectivity index (χ0) is 18.6. The molecule has 134 valence electrons. The molecule has 4 rings (SSSR count). The number of rotatable bonds is 5. The van der Waals surface area contributed by atoms with Gasteiger partial charge in [-0.05, 0) is 30.7 Å². The lowest BCUT2D eigenvalue weighted by Crippen LogP contribution is -2.12. The van der Waals surface area contributed by atoms with Gasteiger partial charge < -0.3 is 15.0 Å². The molecule has 0 saturated heterocycles. The van der Waals surface area contributed by atoms with E-state index in [1.165, 1.54) is 0 Å². The molecule has 0 aliphatic carbocycles. The van der Waals surface area contributed by atoms with E-state index in [-0.39, 0.29) is 5.91 Å². The summed E-state index contributed by atoms with van der Waals surface area (Å²) in [4.78, 5) is 23.7. The van der Waals surface area contributed by atoms with Crippen LogP contribution in [-0.2, 0) is 6.61 Å². The highest BCUT2D eigenvalue weighted by Gasteiger charge is 2.11. The number of benzene rings is 2. The van der Waals surface area contributed by atoms with Crippen LogP contribution in [0.5, 0.6) is 5.75 Å². The van der Waals surface area contributed by atoms with Crippen LogP contribution < -0.4 is 10.1 Å². The molecular weight excluding hydrogens is 340 g/mol. The molecule has 0 radical (unpaired) electrons. The number of hydrogen-bond acceptors (Lipinski definition) is 4. The van der Waals surface area contributed by atoms with Gasteiger partial charge in [0.1, 0.15) is 23.9 Å². The molecule has 6 heteroatoms. The number of carbonyl (C=O) groups is 1. The topological polar surface area (TPSA) is 79.9 Å². The lowest BCUT2D eigenvalue weighted by atomic mass is 10.2. The summed E-state index contributed by atoms with van der Waals surface area (Å²) in [5.74, 6) is 1.15. The average molecular weight is 358 g/mol. The number of anilines is 1. The number of nitrogens with one attached hydrogen (secondary N) is 2. The van der Waals surface area contributed by atoms with Crippen LogP contribution in [0.25, 0.3) is 10.9 Å². The van der Waals surface area contributed by atoms with Crippen LogP contribution in [0.2, 0.25) is 0 Å². The number of carbonyl (C=O) groups excluding carboxylic acids is 1. The van der Waals surface area contributed by atoms with Gasteiger partial charge in [-0.25, -0.2) is 9.97 Å². The summed E-state index contributed by atoms with van der Waals surface area (Å²) in [7, 11) is 0. The van der Waals surface area contributed by atoms with E-state index < -0.39 is 0 Å². The Morgan fingerprint density at radius 3 is 2.63 bits per heavy atom. The molecule has 0 aliphatic heterocycles. The quantitative estimate of drug-likeness (QED) is 0.563. The van der Waals surface area contributed by atoms with Gasteiger partial charge in [-0.3, -0.25) is 4.79 Å². The zero-order valence-electron chi connectivity index (χ0n) is 14.8. The van der Waals surface area contributed by atoms with Gasteiger partial charge in [-0.2, -0.15) is 0 Å². The Morgan fingerprint density at radius 2 is 1.85 bits per heavy atom. The second-order valence-corrected chi connectivity index (χ2v) is 6.18. The molecule has 1 amide bonds. The summed E-state index contributed by atoms with van der Waals surface area (Å²) in [5.41, 5.74) is 2.96. The molecule has 0 aliphatic rings. The van der Waals surface area contributed by atoms with Crippen LogP contribution >= 0.6 is 0 Å². The number of ether oxygens (including phenoxy) is 1. The van der Waals surface area contributed by atoms with E-state index in [0.29, 0.717) is 23.8 Å². The summed E-state index contributed by atoms with van der Waals surface area (Å²) in [6, 6.07) is 17.5. The minimum absolute atomic E-state index is 0.245. The number of H-pyrrole nitrogens is 1. The first-order valence-corrected chi connectivity index (χ1v) is 8.57. The number of aryl methyl sites for hydroxylation is 1. The molecular formula is C21H18N4O2. The van der Waals surface area contributed by atoms with Crippen LogP contribution in [0.3, 0.4) is 0 Å². The molecule has 2 N–H and O–H groups in total. The van der Waals surface area contributed by atoms with E-state index in [4.69, 9.17) is 4.74 Å². The van der Waals surface area contributed by atoms with E-state index in [2.05, 4.69) is 20.3 Å². The van der Waals surface area contributed by atoms with Gasteiger partial charge in [0.25, 0.3) is 5.91 Å². The number of nitrogens with zero attached hydrogens (tertiary/aromatic N) is 2. The lowest BCUT2D eigenvalue weighted by Gasteiger charge is -2.06. The first-order chi connectivity index (χ1) is 13.2. The standard InChI is InChI=1S/C21H18N4O2/c1-14-22-11-17(12-23-14)24-21(26)20-9-16-7-8-18(10-19(16)25-20)27-13-15-5-3-2-4-6-15/h2-12,25H,13H2,1H3,(H,24,26). The van der Waals surface area contributed by atoms with Crippen molar-refractivity contribution in [2.45, 2.75) is 13.5 Å². The molecule has 2 heterocycles. The highest BCUT2D eigenvalue weighted by molar-refractivity contribution is 6.05. The third-order valence-electron chi connectivity index (χ3n) is 4.13. The molecule has 0 bridgehead atoms. The Bertz CT molecular complexity index is 1070. The van der Waals surface area contributed by atoms with Crippen molar-refractivity contribution in [1.82, 2.24) is 15.0 Å². The van der Waals surface area contributed by atoms with Gasteiger partial charge in [-0.15, -0.1) is 0 Å². The number of amides is 1. The lowest BCUT2D eigenvalue weighted by molar-refractivity contribution is 0.102. The summed E-state index contributed by atoms with van der Waals surface area (Å²) < 4.78 is 5.84. The van der Waals surface area contributed by atoms with Crippen molar-refractivity contribution in [2.75, 3.05) is 5.32 Å². The Labute approximate surface area is 156 Å². The van der Waals surface area contributed by atoms with Gasteiger partial charge in [0.05, 0.1) is 18.1 Å². The Hall–Kier alpha value is -3.67. The van der Waals surface area contributed by atoms with E-state index in [9.17, 15) is 4.79 Å². The van der Waals surface area contributed by atoms with Crippen molar-refractivity contribution < 1.29 is 9.53 Å². The van der Waals surface area contributed by atoms with Crippen LogP contribution in [0.15, 0.2) is 67.0 Å². The predicted molar refractivity (Wildman–Crippen MR) is 104 cm³/mol. The van der Waals surface area contributed by atoms with E-state index >= 15 is 0 Å². The van der Waals surface area contributed by atoms with Crippen LogP contribution in [0, 0.1) is 6.92 Å². The second-order valence-electron chi connectivity index (χ2n) is 6.18. The Kier molecular flexibility index (Phi) is 4.53. The molecule has 0 fully saturated rings. The number of aromatic amines is 1. The van der Waals surface area contributed by atoms with Gasteiger partial charge in [0, 0.05) is 17.0 Å². The third kappa shape index (κ3) is 3.95. The van der Waals surface area contributed by atoms with Crippen molar-refractivity contribution in [1.29, 1.82) is 0 Å². The molecule has 0 saturated carbocycles. The van der Waals surface area contributed by atoms with E-state index in [1.54, 1.807) is 25.4 Å². The smallest absolute Gasteiger partial charge is 0.272 e. The van der Waals surface area contributed by atoms with Crippen LogP contribution in [0.1, 0.15) is 21.9 Å². The molecule has 2 aromatic carbocycles. The minimum Gasteiger partial charge on any atom is -0.489 e. The maximum atomic E-state index is 12.4. The van der Waals surface area contributed by atoms with Gasteiger partial charge >= 0.3 is 0 Å². The first-order valence-electron chi connectivity index (χ1n) is 8.57. The maximum absolute atomic E-state index is 12.4. The molecule has 0 spiro atoms. The summed E-state index contributed by atoms with van der Waals surface area (Å²) in [6.45, 7) is 2.29. The average Bonchev–Trinajstić information content (AvgIpc) is 3.12. The number of aromatic nitrogens is 3. The van der Waals surface area contributed by atoms with Crippen LogP contribution in [-0.4, -0.2) is 20.9 Å². The first kappa shape index (κ1) is 16.8. The van der Waals surface area contributed by atoms with Crippen molar-refractivity contribution in [3.8, 4) is 5.75 Å². The fourth-order valence-electron chi connectivity index (χ4n) is 2.71. The van der Waals surface area contributed by atoms with E-state index in [0.717, 1.165) is 22.2 Å². The zero-order valence-corrected chi connectivity index (χ0v) is 14.8. The van der Waals surface area contributed by atoms with Gasteiger partial charge in [0.2, 0.25) is 0 Å². The Morgan fingerprint density at radius 1 is 1.07 bits per heavy atom. The SMILES string of the molecule is Cc1ncc(NC(=O)c2cc3ccc(OCc4ccccc4)cc3[nH]2)cn1. The van der Waals surface area contributed by atoms with Gasteiger partial charge in [0.15, 0.2) is 0 Å². The molecule has 2 aromatic heterocycles. The Balaban J connectivity index is 1.48. The second kappa shape index (κ2) is 7.29. The summed E-state index contributed by atoms with van der Waals surface area (Å²) in [5, 5.41) is 3.72. The minimum atomic E-state index is -0.245. The molecule has 6 nitrogen and oxygen atoms in total. The third-order valence-corrected chi connectivity index (χ3v) is 4.13. The highest BCUT2D eigenvalue weighted by atomic mass is 16.5.